The molecule has 2 rings (SSSR count). The minimum atomic E-state index is -1.27. The molecule has 0 amide bonds. The van der Waals surface area contributed by atoms with Crippen LogP contribution in [0.25, 0.3) is 0 Å². The van der Waals surface area contributed by atoms with Crippen molar-refractivity contribution < 1.29 is 19.1 Å². The van der Waals surface area contributed by atoms with Gasteiger partial charge in [-0.2, -0.15) is 5.10 Å². The zero-order chi connectivity index (χ0) is 14.9. The van der Waals surface area contributed by atoms with Crippen molar-refractivity contribution in [3.05, 3.63) is 29.3 Å². The Morgan fingerprint density at radius 2 is 1.60 bits per heavy atom. The average molecular weight is 297 g/mol. The summed E-state index contributed by atoms with van der Waals surface area (Å²) in [4.78, 5) is 23.5. The fraction of sp³-hybridized carbons (Fsp3) is 0.308. The van der Waals surface area contributed by atoms with Crippen LogP contribution in [0.1, 0.15) is 13.8 Å². The lowest BCUT2D eigenvalue weighted by atomic mass is 10.3. The summed E-state index contributed by atoms with van der Waals surface area (Å²) in [6.45, 7) is 2.95. The molecule has 0 bridgehead atoms. The highest BCUT2D eigenvalue weighted by atomic mass is 35.5. The molecule has 0 atom stereocenters. The highest BCUT2D eigenvalue weighted by Crippen LogP contribution is 2.20. The zero-order valence-corrected chi connectivity index (χ0v) is 12.0. The maximum Gasteiger partial charge on any atom is 0.369 e. The van der Waals surface area contributed by atoms with E-state index in [9.17, 15) is 9.59 Å². The van der Waals surface area contributed by atoms with Crippen molar-refractivity contribution in [2.75, 3.05) is 12.1 Å². The number of anilines is 1. The van der Waals surface area contributed by atoms with E-state index in [-0.39, 0.29) is 0 Å². The molecule has 0 aliphatic carbocycles. The molecular weight excluding hydrogens is 284 g/mol. The van der Waals surface area contributed by atoms with Crippen molar-refractivity contribution in [1.82, 2.24) is 0 Å². The van der Waals surface area contributed by atoms with Crippen LogP contribution >= 0.6 is 11.6 Å². The molecule has 0 N–H and O–H groups in total. The number of carbonyl (C=O) groups is 2. The standard InChI is InChI=1S/C13H13ClN2O4/c1-13(2)19-11(17)10(12(18)20-13)15-16(3)9-6-4-8(14)5-7-9/h4-7H,1-3H3. The van der Waals surface area contributed by atoms with Gasteiger partial charge in [-0.1, -0.05) is 11.6 Å². The van der Waals surface area contributed by atoms with Gasteiger partial charge in [-0.15, -0.1) is 0 Å². The predicted octanol–water partition coefficient (Wildman–Crippen LogP) is 1.97. The molecule has 20 heavy (non-hydrogen) atoms. The van der Waals surface area contributed by atoms with Gasteiger partial charge >= 0.3 is 11.9 Å². The van der Waals surface area contributed by atoms with E-state index in [1.807, 2.05) is 0 Å². The Hall–Kier alpha value is -2.08. The van der Waals surface area contributed by atoms with Crippen LogP contribution < -0.4 is 5.01 Å². The fourth-order valence-electron chi connectivity index (χ4n) is 1.59. The molecule has 7 heteroatoms. The molecule has 1 aromatic carbocycles. The van der Waals surface area contributed by atoms with E-state index in [1.54, 1.807) is 31.3 Å². The lowest BCUT2D eigenvalue weighted by molar-refractivity contribution is -0.214. The summed E-state index contributed by atoms with van der Waals surface area (Å²) < 4.78 is 9.90. The first kappa shape index (κ1) is 14.3. The Morgan fingerprint density at radius 1 is 1.10 bits per heavy atom. The van der Waals surface area contributed by atoms with Gasteiger partial charge in [-0.3, -0.25) is 5.01 Å². The molecule has 1 aliphatic rings. The van der Waals surface area contributed by atoms with Gasteiger partial charge < -0.3 is 9.47 Å². The molecule has 106 valence electrons. The molecule has 0 saturated carbocycles. The summed E-state index contributed by atoms with van der Waals surface area (Å²) >= 11 is 5.78. The van der Waals surface area contributed by atoms with Crippen LogP contribution in [0.15, 0.2) is 29.4 Å². The van der Waals surface area contributed by atoms with Crippen LogP contribution in [-0.2, 0) is 19.1 Å². The molecule has 1 aromatic rings. The molecule has 1 heterocycles. The van der Waals surface area contributed by atoms with Crippen LogP contribution in [0, 0.1) is 0 Å². The minimum absolute atomic E-state index is 0.401. The number of carbonyl (C=O) groups excluding carboxylic acids is 2. The zero-order valence-electron chi connectivity index (χ0n) is 11.2. The topological polar surface area (TPSA) is 68.2 Å². The normalized spacial score (nSPS) is 17.3. The first-order valence-electron chi connectivity index (χ1n) is 5.83. The number of nitrogens with zero attached hydrogens (tertiary/aromatic N) is 2. The van der Waals surface area contributed by atoms with Crippen molar-refractivity contribution in [3.63, 3.8) is 0 Å². The Morgan fingerprint density at radius 3 is 2.10 bits per heavy atom. The lowest BCUT2D eigenvalue weighted by Gasteiger charge is -2.29. The van der Waals surface area contributed by atoms with E-state index >= 15 is 0 Å². The van der Waals surface area contributed by atoms with Crippen molar-refractivity contribution >= 4 is 34.9 Å². The van der Waals surface area contributed by atoms with Gasteiger partial charge in [0.25, 0.3) is 11.5 Å². The average Bonchev–Trinajstić information content (AvgIpc) is 2.33. The van der Waals surface area contributed by atoms with E-state index in [1.165, 1.54) is 18.9 Å². The fourth-order valence-corrected chi connectivity index (χ4v) is 1.72. The van der Waals surface area contributed by atoms with Crippen molar-refractivity contribution in [3.8, 4) is 0 Å². The van der Waals surface area contributed by atoms with E-state index in [0.29, 0.717) is 10.7 Å². The van der Waals surface area contributed by atoms with E-state index in [4.69, 9.17) is 21.1 Å². The van der Waals surface area contributed by atoms with Gasteiger partial charge in [0.2, 0.25) is 0 Å². The van der Waals surface area contributed by atoms with Gasteiger partial charge in [0.1, 0.15) is 0 Å². The maximum absolute atomic E-state index is 11.7. The van der Waals surface area contributed by atoms with Crippen molar-refractivity contribution in [2.24, 2.45) is 5.10 Å². The molecule has 1 saturated heterocycles. The lowest BCUT2D eigenvalue weighted by Crippen LogP contribution is -2.47. The Balaban J connectivity index is 2.24. The number of ether oxygens (including phenoxy) is 2. The minimum Gasteiger partial charge on any atom is -0.418 e. The van der Waals surface area contributed by atoms with Crippen LogP contribution in [0.5, 0.6) is 0 Å². The maximum atomic E-state index is 11.7. The molecule has 0 radical (unpaired) electrons. The second-order valence-electron chi connectivity index (χ2n) is 4.63. The smallest absolute Gasteiger partial charge is 0.369 e. The van der Waals surface area contributed by atoms with Crippen molar-refractivity contribution in [2.45, 2.75) is 19.6 Å². The SMILES string of the molecule is CN(N=C1C(=O)OC(C)(C)OC1=O)c1ccc(Cl)cc1. The monoisotopic (exact) mass is 296 g/mol. The summed E-state index contributed by atoms with van der Waals surface area (Å²) in [6.07, 6.45) is 0. The molecular formula is C13H13ClN2O4. The molecule has 1 aliphatic heterocycles. The van der Waals surface area contributed by atoms with E-state index in [2.05, 4.69) is 5.10 Å². The highest BCUT2D eigenvalue weighted by Gasteiger charge is 2.40. The summed E-state index contributed by atoms with van der Waals surface area (Å²) in [5.41, 5.74) is 0.258. The molecule has 0 unspecified atom stereocenters. The van der Waals surface area contributed by atoms with Gasteiger partial charge in [0.15, 0.2) is 0 Å². The Kier molecular flexibility index (Phi) is 3.67. The first-order chi connectivity index (χ1) is 9.28. The molecule has 1 fully saturated rings. The van der Waals surface area contributed by atoms with Gasteiger partial charge in [0.05, 0.1) is 5.69 Å². The summed E-state index contributed by atoms with van der Waals surface area (Å²) in [5, 5.41) is 5.87. The largest absolute Gasteiger partial charge is 0.418 e. The second-order valence-corrected chi connectivity index (χ2v) is 5.06. The number of hydrogen-bond acceptors (Lipinski definition) is 6. The van der Waals surface area contributed by atoms with Crippen LogP contribution in [0.3, 0.4) is 0 Å². The number of rotatable bonds is 2. The number of esters is 2. The molecule has 0 spiro atoms. The third kappa shape index (κ3) is 3.08. The third-order valence-corrected chi connectivity index (χ3v) is 2.77. The number of halogens is 1. The van der Waals surface area contributed by atoms with E-state index < -0.39 is 23.4 Å². The van der Waals surface area contributed by atoms with Gasteiger partial charge in [-0.05, 0) is 24.3 Å². The number of hydrazone groups is 1. The van der Waals surface area contributed by atoms with Gasteiger partial charge in [-0.25, -0.2) is 9.59 Å². The number of cyclic esters (lactones) is 2. The summed E-state index contributed by atoms with van der Waals surface area (Å²) in [7, 11) is 1.59. The van der Waals surface area contributed by atoms with E-state index in [0.717, 1.165) is 0 Å². The van der Waals surface area contributed by atoms with Crippen LogP contribution in [0.4, 0.5) is 5.69 Å². The highest BCUT2D eigenvalue weighted by molar-refractivity contribution is 6.63. The Labute approximate surface area is 120 Å². The Bertz CT molecular complexity index is 559. The summed E-state index contributed by atoms with van der Waals surface area (Å²) in [5.74, 6) is -2.90. The predicted molar refractivity (Wildman–Crippen MR) is 73.6 cm³/mol. The third-order valence-electron chi connectivity index (χ3n) is 2.51. The van der Waals surface area contributed by atoms with Crippen molar-refractivity contribution in [1.29, 1.82) is 0 Å². The quantitative estimate of drug-likeness (QED) is 0.616. The molecule has 0 aromatic heterocycles. The van der Waals surface area contributed by atoms with Crippen LogP contribution in [-0.4, -0.2) is 30.5 Å². The number of benzene rings is 1. The number of hydrogen-bond donors (Lipinski definition) is 0. The first-order valence-corrected chi connectivity index (χ1v) is 6.21. The second kappa shape index (κ2) is 5.13. The summed E-state index contributed by atoms with van der Waals surface area (Å²) in [6, 6.07) is 6.76. The van der Waals surface area contributed by atoms with Crippen LogP contribution in [0.2, 0.25) is 5.02 Å². The molecule has 6 nitrogen and oxygen atoms in total. The van der Waals surface area contributed by atoms with Gasteiger partial charge in [0, 0.05) is 25.9 Å².